The van der Waals surface area contributed by atoms with Crippen LogP contribution in [0.1, 0.15) is 258 Å². The largest absolute Gasteiger partial charge is 0.462 e. The van der Waals surface area contributed by atoms with Crippen molar-refractivity contribution in [1.29, 1.82) is 0 Å². The molecule has 0 aromatic carbocycles. The van der Waals surface area contributed by atoms with Gasteiger partial charge in [-0.05, 0) is 109 Å². The number of ether oxygens (including phenoxy) is 3. The van der Waals surface area contributed by atoms with Crippen LogP contribution in [0.4, 0.5) is 0 Å². The molecular formula is C64H106O6. The number of hydrogen-bond donors (Lipinski definition) is 0. The van der Waals surface area contributed by atoms with Gasteiger partial charge in [0.1, 0.15) is 13.2 Å². The van der Waals surface area contributed by atoms with Gasteiger partial charge in [-0.2, -0.15) is 0 Å². The molecule has 0 N–H and O–H groups in total. The summed E-state index contributed by atoms with van der Waals surface area (Å²) in [6, 6.07) is 0. The summed E-state index contributed by atoms with van der Waals surface area (Å²) in [6.45, 7) is 6.46. The molecular weight excluding hydrogens is 865 g/mol. The normalized spacial score (nSPS) is 12.9. The van der Waals surface area contributed by atoms with E-state index in [4.69, 9.17) is 14.2 Å². The minimum atomic E-state index is -0.798. The van der Waals surface area contributed by atoms with Gasteiger partial charge in [0.05, 0.1) is 0 Å². The van der Waals surface area contributed by atoms with E-state index in [2.05, 4.69) is 130 Å². The molecule has 0 fully saturated rings. The standard InChI is InChI=1S/C64H106O6/c1-4-7-10-13-16-19-22-25-26-27-28-29-30-31-32-33-34-35-36-37-38-40-42-45-48-51-54-57-63(66)69-60-61(59-68-62(65)56-53-50-47-44-41-24-21-18-15-12-9-6-3)70-64(67)58-55-52-49-46-43-39-23-20-17-14-11-8-5-2/h7,10,16,18-19,21,25-26,28-29,31-32,34-35,37-38,42,45,61H,4-6,8-9,11-15,17,20,22-24,27,30,33,36,39-41,43-44,46-60H2,1-3H3/b10-7-,19-16-,21-18-,26-25-,29-28-,32-31-,35-34-,38-37-,45-42-. The number of unbranched alkanes of at least 4 members (excludes halogenated alkanes) is 22. The van der Waals surface area contributed by atoms with E-state index in [1.54, 1.807) is 0 Å². The molecule has 0 aromatic rings. The molecule has 0 saturated carbocycles. The fraction of sp³-hybridized carbons (Fsp3) is 0.672. The van der Waals surface area contributed by atoms with Crippen LogP contribution >= 0.6 is 0 Å². The van der Waals surface area contributed by atoms with E-state index in [1.165, 1.54) is 96.3 Å². The van der Waals surface area contributed by atoms with Crippen molar-refractivity contribution in [3.8, 4) is 0 Å². The van der Waals surface area contributed by atoms with Gasteiger partial charge in [-0.1, -0.05) is 239 Å². The summed E-state index contributed by atoms with van der Waals surface area (Å²) in [5.41, 5.74) is 0. The first-order valence-corrected chi connectivity index (χ1v) is 28.9. The molecule has 0 rings (SSSR count). The van der Waals surface area contributed by atoms with Gasteiger partial charge in [0.25, 0.3) is 0 Å². The molecule has 0 aliphatic rings. The lowest BCUT2D eigenvalue weighted by Crippen LogP contribution is -2.30. The van der Waals surface area contributed by atoms with E-state index in [0.29, 0.717) is 19.3 Å². The number of hydrogen-bond acceptors (Lipinski definition) is 6. The van der Waals surface area contributed by atoms with Crippen molar-refractivity contribution >= 4 is 17.9 Å². The maximum absolute atomic E-state index is 12.8. The van der Waals surface area contributed by atoms with Crippen LogP contribution in [-0.4, -0.2) is 37.2 Å². The van der Waals surface area contributed by atoms with Crippen molar-refractivity contribution in [3.05, 3.63) is 109 Å². The van der Waals surface area contributed by atoms with E-state index < -0.39 is 6.10 Å². The molecule has 0 bridgehead atoms. The number of allylic oxidation sites excluding steroid dienone is 18. The van der Waals surface area contributed by atoms with E-state index in [-0.39, 0.29) is 31.1 Å². The summed E-state index contributed by atoms with van der Waals surface area (Å²) in [7, 11) is 0. The first-order valence-electron chi connectivity index (χ1n) is 28.9. The van der Waals surface area contributed by atoms with Crippen LogP contribution in [0, 0.1) is 0 Å². The Morgan fingerprint density at radius 3 is 0.943 bits per heavy atom. The quantitative estimate of drug-likeness (QED) is 0.0262. The SMILES string of the molecule is CC/C=C\C/C=C\C/C=C\C/C=C\C/C=C\C/C=C\C/C=C\C/C=C\CCCCC(=O)OCC(COC(=O)CCCCCCC/C=C\CCCCC)OC(=O)CCCCCCCCCCCCCCC. The third-order valence-corrected chi connectivity index (χ3v) is 12.0. The van der Waals surface area contributed by atoms with Gasteiger partial charge in [-0.3, -0.25) is 14.4 Å². The molecule has 0 aromatic heterocycles. The van der Waals surface area contributed by atoms with Crippen LogP contribution in [0.25, 0.3) is 0 Å². The van der Waals surface area contributed by atoms with Crippen molar-refractivity contribution in [1.82, 2.24) is 0 Å². The molecule has 1 unspecified atom stereocenters. The van der Waals surface area contributed by atoms with Crippen LogP contribution in [0.15, 0.2) is 109 Å². The van der Waals surface area contributed by atoms with Gasteiger partial charge < -0.3 is 14.2 Å². The Kier molecular flexibility index (Phi) is 54.4. The third kappa shape index (κ3) is 55.0. The van der Waals surface area contributed by atoms with Crippen LogP contribution in [0.3, 0.4) is 0 Å². The van der Waals surface area contributed by atoms with Gasteiger partial charge in [0, 0.05) is 19.3 Å². The predicted octanol–water partition coefficient (Wildman–Crippen LogP) is 19.5. The molecule has 398 valence electrons. The topological polar surface area (TPSA) is 78.9 Å². The number of carbonyl (C=O) groups excluding carboxylic acids is 3. The summed E-state index contributed by atoms with van der Waals surface area (Å²) in [5.74, 6) is -0.948. The van der Waals surface area contributed by atoms with Gasteiger partial charge in [-0.25, -0.2) is 0 Å². The Bertz CT molecular complexity index is 1440. The molecule has 0 radical (unpaired) electrons. The van der Waals surface area contributed by atoms with E-state index in [1.807, 2.05) is 0 Å². The first-order chi connectivity index (χ1) is 34.5. The highest BCUT2D eigenvalue weighted by molar-refractivity contribution is 5.71. The molecule has 0 heterocycles. The molecule has 1 atom stereocenters. The molecule has 70 heavy (non-hydrogen) atoms. The minimum absolute atomic E-state index is 0.0956. The molecule has 0 amide bonds. The maximum Gasteiger partial charge on any atom is 0.306 e. The number of esters is 3. The molecule has 0 aliphatic heterocycles. The zero-order valence-electron chi connectivity index (χ0n) is 45.5. The van der Waals surface area contributed by atoms with Crippen molar-refractivity contribution in [3.63, 3.8) is 0 Å². The lowest BCUT2D eigenvalue weighted by molar-refractivity contribution is -0.167. The van der Waals surface area contributed by atoms with Crippen LogP contribution < -0.4 is 0 Å². The average Bonchev–Trinajstić information content (AvgIpc) is 3.36. The van der Waals surface area contributed by atoms with Crippen molar-refractivity contribution < 1.29 is 28.6 Å². The Morgan fingerprint density at radius 2 is 0.557 bits per heavy atom. The summed E-state index contributed by atoms with van der Waals surface area (Å²) in [6.07, 6.45) is 78.0. The Morgan fingerprint density at radius 1 is 0.300 bits per heavy atom. The lowest BCUT2D eigenvalue weighted by atomic mass is 10.0. The fourth-order valence-electron chi connectivity index (χ4n) is 7.69. The molecule has 0 saturated heterocycles. The van der Waals surface area contributed by atoms with Crippen LogP contribution in [0.5, 0.6) is 0 Å². The zero-order chi connectivity index (χ0) is 50.7. The van der Waals surface area contributed by atoms with Gasteiger partial charge in [0.15, 0.2) is 6.10 Å². The van der Waals surface area contributed by atoms with E-state index in [0.717, 1.165) is 122 Å². The van der Waals surface area contributed by atoms with Gasteiger partial charge in [0.2, 0.25) is 0 Å². The van der Waals surface area contributed by atoms with Crippen molar-refractivity contribution in [2.45, 2.75) is 264 Å². The second-order valence-electron chi connectivity index (χ2n) is 18.8. The van der Waals surface area contributed by atoms with Gasteiger partial charge in [-0.15, -0.1) is 0 Å². The second-order valence-corrected chi connectivity index (χ2v) is 18.8. The van der Waals surface area contributed by atoms with Crippen LogP contribution in [-0.2, 0) is 28.6 Å². The fourth-order valence-corrected chi connectivity index (χ4v) is 7.69. The molecule has 0 aliphatic carbocycles. The monoisotopic (exact) mass is 971 g/mol. The summed E-state index contributed by atoms with van der Waals surface area (Å²) in [4.78, 5) is 38.1. The Hall–Kier alpha value is -3.93. The Labute approximate surface area is 431 Å². The van der Waals surface area contributed by atoms with Crippen molar-refractivity contribution in [2.75, 3.05) is 13.2 Å². The minimum Gasteiger partial charge on any atom is -0.462 e. The highest BCUT2D eigenvalue weighted by atomic mass is 16.6. The smallest absolute Gasteiger partial charge is 0.306 e. The lowest BCUT2D eigenvalue weighted by Gasteiger charge is -2.18. The molecule has 0 spiro atoms. The van der Waals surface area contributed by atoms with E-state index >= 15 is 0 Å². The van der Waals surface area contributed by atoms with Gasteiger partial charge >= 0.3 is 17.9 Å². The van der Waals surface area contributed by atoms with Crippen molar-refractivity contribution in [2.24, 2.45) is 0 Å². The summed E-state index contributed by atoms with van der Waals surface area (Å²) < 4.78 is 16.8. The maximum atomic E-state index is 12.8. The summed E-state index contributed by atoms with van der Waals surface area (Å²) >= 11 is 0. The average molecular weight is 972 g/mol. The van der Waals surface area contributed by atoms with E-state index in [9.17, 15) is 14.4 Å². The highest BCUT2D eigenvalue weighted by Gasteiger charge is 2.19. The first kappa shape index (κ1) is 66.1. The second kappa shape index (κ2) is 57.6. The molecule has 6 nitrogen and oxygen atoms in total. The Balaban J connectivity index is 4.39. The summed E-state index contributed by atoms with van der Waals surface area (Å²) in [5, 5.41) is 0. The predicted molar refractivity (Wildman–Crippen MR) is 302 cm³/mol. The third-order valence-electron chi connectivity index (χ3n) is 12.0. The highest BCUT2D eigenvalue weighted by Crippen LogP contribution is 2.15. The van der Waals surface area contributed by atoms with Crippen LogP contribution in [0.2, 0.25) is 0 Å². The molecule has 6 heteroatoms. The number of rotatable bonds is 51. The zero-order valence-corrected chi connectivity index (χ0v) is 45.5. The number of carbonyl (C=O) groups is 3.